The molecule has 0 aromatic carbocycles. The number of carbonyl (C=O) groups is 4. The minimum Gasteiger partial charge on any atom is -0.480 e. The Kier molecular flexibility index (Phi) is 7.33. The Labute approximate surface area is 176 Å². The minimum absolute atomic E-state index is 0.0661. The fraction of sp³-hybridized carbons (Fsp3) is 0.421. The summed E-state index contributed by atoms with van der Waals surface area (Å²) in [5, 5.41) is 15.7. The molecule has 0 radical (unpaired) electrons. The van der Waals surface area contributed by atoms with Crippen LogP contribution in [0, 0.1) is 6.92 Å². The number of anilines is 1. The van der Waals surface area contributed by atoms with Crippen molar-refractivity contribution in [3.63, 3.8) is 0 Å². The smallest absolute Gasteiger partial charge is 0.348 e. The van der Waals surface area contributed by atoms with E-state index in [0.29, 0.717) is 5.56 Å². The van der Waals surface area contributed by atoms with Crippen molar-refractivity contribution >= 4 is 40.2 Å². The lowest BCUT2D eigenvalue weighted by Crippen LogP contribution is -2.17. The van der Waals surface area contributed by atoms with Crippen molar-refractivity contribution in [3.05, 3.63) is 34.0 Å². The van der Waals surface area contributed by atoms with Crippen molar-refractivity contribution in [1.82, 2.24) is 9.78 Å². The number of hydrogen-bond acceptors (Lipinski definition) is 8. The molecule has 2 rings (SSSR count). The van der Waals surface area contributed by atoms with E-state index in [1.165, 1.54) is 19.3 Å². The van der Waals surface area contributed by atoms with Gasteiger partial charge in [0.05, 0.1) is 30.0 Å². The molecule has 2 aromatic heterocycles. The molecule has 0 aliphatic rings. The quantitative estimate of drug-likeness (QED) is 0.602. The molecule has 1 unspecified atom stereocenters. The molecule has 162 valence electrons. The van der Waals surface area contributed by atoms with Crippen LogP contribution in [-0.2, 0) is 14.3 Å². The number of carbonyl (C=O) groups excluding carboxylic acids is 3. The SMILES string of the molecule is CCOC(=O)c1sc(NC(=O)c2cnn(C(C)C(=O)O)c2)c(C(=O)OC(C)C)c1C. The average molecular weight is 437 g/mol. The van der Waals surface area contributed by atoms with Crippen LogP contribution in [0.15, 0.2) is 12.4 Å². The van der Waals surface area contributed by atoms with Gasteiger partial charge in [0.2, 0.25) is 0 Å². The summed E-state index contributed by atoms with van der Waals surface area (Å²) in [4.78, 5) is 48.7. The van der Waals surface area contributed by atoms with E-state index in [2.05, 4.69) is 10.4 Å². The van der Waals surface area contributed by atoms with E-state index in [1.807, 2.05) is 0 Å². The van der Waals surface area contributed by atoms with Gasteiger partial charge >= 0.3 is 17.9 Å². The topological polar surface area (TPSA) is 137 Å². The van der Waals surface area contributed by atoms with Gasteiger partial charge in [-0.3, -0.25) is 9.48 Å². The summed E-state index contributed by atoms with van der Waals surface area (Å²) < 4.78 is 11.4. The van der Waals surface area contributed by atoms with E-state index in [4.69, 9.17) is 14.6 Å². The van der Waals surface area contributed by atoms with E-state index in [0.717, 1.165) is 16.0 Å². The normalized spacial score (nSPS) is 11.8. The Bertz CT molecular complexity index is 977. The molecule has 0 aliphatic heterocycles. The Hall–Kier alpha value is -3.21. The number of carboxylic acid groups (broad SMARTS) is 1. The molecule has 1 atom stereocenters. The van der Waals surface area contributed by atoms with Gasteiger partial charge in [0.15, 0.2) is 0 Å². The number of carboxylic acids is 1. The van der Waals surface area contributed by atoms with Crippen molar-refractivity contribution in [3.8, 4) is 0 Å². The summed E-state index contributed by atoms with van der Waals surface area (Å²) >= 11 is 0.902. The summed E-state index contributed by atoms with van der Waals surface area (Å²) in [5.74, 6) is -3.01. The van der Waals surface area contributed by atoms with E-state index >= 15 is 0 Å². The van der Waals surface area contributed by atoms with Crippen molar-refractivity contribution in [2.45, 2.75) is 46.8 Å². The Balaban J connectivity index is 2.38. The molecule has 2 aromatic rings. The molecule has 1 amide bonds. The summed E-state index contributed by atoms with van der Waals surface area (Å²) in [6.07, 6.45) is 2.10. The van der Waals surface area contributed by atoms with Gasteiger partial charge in [-0.1, -0.05) is 0 Å². The number of nitrogens with zero attached hydrogens (tertiary/aromatic N) is 2. The number of thiophene rings is 1. The number of hydrogen-bond donors (Lipinski definition) is 2. The number of aromatic nitrogens is 2. The minimum atomic E-state index is -1.10. The van der Waals surface area contributed by atoms with Crippen LogP contribution in [0.4, 0.5) is 5.00 Å². The first-order valence-corrected chi connectivity index (χ1v) is 9.98. The molecule has 0 fully saturated rings. The highest BCUT2D eigenvalue weighted by atomic mass is 32.1. The summed E-state index contributed by atoms with van der Waals surface area (Å²) in [7, 11) is 0. The fourth-order valence-electron chi connectivity index (χ4n) is 2.47. The predicted octanol–water partition coefficient (Wildman–Crippen LogP) is 2.89. The van der Waals surface area contributed by atoms with Crippen LogP contribution >= 0.6 is 11.3 Å². The van der Waals surface area contributed by atoms with Gasteiger partial charge in [-0.15, -0.1) is 11.3 Å². The van der Waals surface area contributed by atoms with E-state index in [9.17, 15) is 19.2 Å². The number of esters is 2. The second-order valence-corrected chi connectivity index (χ2v) is 7.63. The third-order valence-electron chi connectivity index (χ3n) is 4.00. The molecular weight excluding hydrogens is 414 g/mol. The second-order valence-electron chi connectivity index (χ2n) is 6.61. The van der Waals surface area contributed by atoms with Crippen molar-refractivity contribution in [2.75, 3.05) is 11.9 Å². The molecular formula is C19H23N3O7S. The summed E-state index contributed by atoms with van der Waals surface area (Å²) in [6.45, 7) is 8.18. The van der Waals surface area contributed by atoms with Crippen LogP contribution in [0.25, 0.3) is 0 Å². The lowest BCUT2D eigenvalue weighted by Gasteiger charge is -2.10. The van der Waals surface area contributed by atoms with Crippen molar-refractivity contribution in [1.29, 1.82) is 0 Å². The molecule has 0 saturated carbocycles. The number of nitrogens with one attached hydrogen (secondary N) is 1. The fourth-order valence-corrected chi connectivity index (χ4v) is 3.55. The van der Waals surface area contributed by atoms with Gasteiger partial charge in [-0.2, -0.15) is 5.10 Å². The highest BCUT2D eigenvalue weighted by Crippen LogP contribution is 2.35. The van der Waals surface area contributed by atoms with Crippen molar-refractivity contribution < 1.29 is 33.8 Å². The zero-order valence-corrected chi connectivity index (χ0v) is 18.0. The van der Waals surface area contributed by atoms with Crippen LogP contribution < -0.4 is 5.32 Å². The second kappa shape index (κ2) is 9.53. The predicted molar refractivity (Wildman–Crippen MR) is 108 cm³/mol. The van der Waals surface area contributed by atoms with E-state index < -0.39 is 36.0 Å². The molecule has 0 aliphatic carbocycles. The van der Waals surface area contributed by atoms with Gasteiger partial charge in [0, 0.05) is 6.20 Å². The Morgan fingerprint density at radius 1 is 1.23 bits per heavy atom. The van der Waals surface area contributed by atoms with Crippen LogP contribution in [0.2, 0.25) is 0 Å². The average Bonchev–Trinajstić information content (AvgIpc) is 3.25. The Morgan fingerprint density at radius 2 is 1.90 bits per heavy atom. The van der Waals surface area contributed by atoms with Gasteiger partial charge in [-0.25, -0.2) is 14.4 Å². The Morgan fingerprint density at radius 3 is 2.47 bits per heavy atom. The zero-order chi connectivity index (χ0) is 22.6. The highest BCUT2D eigenvalue weighted by molar-refractivity contribution is 7.18. The lowest BCUT2D eigenvalue weighted by atomic mass is 10.1. The lowest BCUT2D eigenvalue weighted by molar-refractivity contribution is -0.140. The maximum absolute atomic E-state index is 12.7. The molecule has 11 heteroatoms. The standard InChI is InChI=1S/C19H23N3O7S/c1-6-28-19(27)14-10(4)13(18(26)29-9(2)3)16(30-14)21-15(23)12-7-20-22(8-12)11(5)17(24)25/h7-9,11H,6H2,1-5H3,(H,21,23)(H,24,25). The first-order valence-electron chi connectivity index (χ1n) is 9.16. The van der Waals surface area contributed by atoms with Gasteiger partial charge in [-0.05, 0) is 40.2 Å². The number of ether oxygens (including phenoxy) is 2. The third-order valence-corrected chi connectivity index (χ3v) is 5.19. The van der Waals surface area contributed by atoms with Crippen LogP contribution in [-0.4, -0.2) is 51.4 Å². The van der Waals surface area contributed by atoms with Crippen molar-refractivity contribution in [2.24, 2.45) is 0 Å². The maximum atomic E-state index is 12.7. The molecule has 30 heavy (non-hydrogen) atoms. The number of rotatable bonds is 8. The van der Waals surface area contributed by atoms with Crippen LogP contribution in [0.1, 0.15) is 69.7 Å². The van der Waals surface area contributed by atoms with Gasteiger partial charge in [0.25, 0.3) is 5.91 Å². The highest BCUT2D eigenvalue weighted by Gasteiger charge is 2.28. The van der Waals surface area contributed by atoms with Gasteiger partial charge < -0.3 is 19.9 Å². The molecule has 0 saturated heterocycles. The first kappa shape index (κ1) is 23.1. The molecule has 2 N–H and O–H groups in total. The van der Waals surface area contributed by atoms with E-state index in [-0.39, 0.29) is 27.6 Å². The number of amides is 1. The number of aliphatic carboxylic acids is 1. The molecule has 2 heterocycles. The first-order chi connectivity index (χ1) is 14.1. The summed E-state index contributed by atoms with van der Waals surface area (Å²) in [6, 6.07) is -0.956. The largest absolute Gasteiger partial charge is 0.480 e. The molecule has 10 nitrogen and oxygen atoms in total. The summed E-state index contributed by atoms with van der Waals surface area (Å²) in [5.41, 5.74) is 0.501. The van der Waals surface area contributed by atoms with Gasteiger partial charge in [0.1, 0.15) is 15.9 Å². The zero-order valence-electron chi connectivity index (χ0n) is 17.2. The maximum Gasteiger partial charge on any atom is 0.348 e. The molecule has 0 spiro atoms. The monoisotopic (exact) mass is 437 g/mol. The van der Waals surface area contributed by atoms with E-state index in [1.54, 1.807) is 27.7 Å². The van der Waals surface area contributed by atoms with Crippen LogP contribution in [0.3, 0.4) is 0 Å². The third kappa shape index (κ3) is 5.03. The van der Waals surface area contributed by atoms with Crippen LogP contribution in [0.5, 0.6) is 0 Å². The molecule has 0 bridgehead atoms.